The fraction of sp³-hybridized carbons (Fsp3) is 0.120. The van der Waals surface area contributed by atoms with Gasteiger partial charge in [0, 0.05) is 30.5 Å². The molecule has 32 heavy (non-hydrogen) atoms. The van der Waals surface area contributed by atoms with E-state index in [2.05, 4.69) is 26.5 Å². The number of thiazole rings is 1. The third kappa shape index (κ3) is 4.73. The zero-order valence-corrected chi connectivity index (χ0v) is 18.0. The summed E-state index contributed by atoms with van der Waals surface area (Å²) in [6.07, 6.45) is 1.43. The van der Waals surface area contributed by atoms with Gasteiger partial charge in [-0.05, 0) is 29.8 Å². The summed E-state index contributed by atoms with van der Waals surface area (Å²) in [6, 6.07) is 25.6. The van der Waals surface area contributed by atoms with E-state index in [1.807, 2.05) is 72.8 Å². The van der Waals surface area contributed by atoms with Crippen molar-refractivity contribution in [1.29, 1.82) is 0 Å². The Hall–Kier alpha value is -3.84. The van der Waals surface area contributed by atoms with Gasteiger partial charge in [0.25, 0.3) is 0 Å². The lowest BCUT2D eigenvalue weighted by molar-refractivity contribution is -0.116. The number of aryl methyl sites for hydroxylation is 1. The SMILES string of the molecule is O=C(CCc1nc(-c2ccccc2)no1)Nc1ccc(Cc2nc3ccccc3s2)cc1. The first-order valence-corrected chi connectivity index (χ1v) is 11.2. The summed E-state index contributed by atoms with van der Waals surface area (Å²) in [5.74, 6) is 0.887. The van der Waals surface area contributed by atoms with Crippen molar-refractivity contribution >= 4 is 33.1 Å². The second-order valence-electron chi connectivity index (χ2n) is 7.37. The summed E-state index contributed by atoms with van der Waals surface area (Å²) in [6.45, 7) is 0. The van der Waals surface area contributed by atoms with Crippen molar-refractivity contribution in [2.45, 2.75) is 19.3 Å². The monoisotopic (exact) mass is 440 g/mol. The molecule has 5 aromatic rings. The molecule has 1 N–H and O–H groups in total. The van der Waals surface area contributed by atoms with Crippen molar-refractivity contribution in [3.63, 3.8) is 0 Å². The third-order valence-corrected chi connectivity index (χ3v) is 6.03. The molecule has 1 amide bonds. The quantitative estimate of drug-likeness (QED) is 0.361. The number of hydrogen-bond acceptors (Lipinski definition) is 6. The Balaban J connectivity index is 1.14. The van der Waals surface area contributed by atoms with Gasteiger partial charge in [0.15, 0.2) is 0 Å². The van der Waals surface area contributed by atoms with E-state index in [0.717, 1.165) is 33.8 Å². The molecule has 2 heterocycles. The minimum Gasteiger partial charge on any atom is -0.339 e. The van der Waals surface area contributed by atoms with Gasteiger partial charge < -0.3 is 9.84 Å². The molecule has 0 unspecified atom stereocenters. The first kappa shape index (κ1) is 20.1. The smallest absolute Gasteiger partial charge is 0.227 e. The van der Waals surface area contributed by atoms with Gasteiger partial charge in [0.1, 0.15) is 0 Å². The molecule has 6 nitrogen and oxygen atoms in total. The molecule has 0 atom stereocenters. The zero-order chi connectivity index (χ0) is 21.8. The number of rotatable bonds is 7. The van der Waals surface area contributed by atoms with Crippen LogP contribution in [0.1, 0.15) is 22.9 Å². The highest BCUT2D eigenvalue weighted by atomic mass is 32.1. The van der Waals surface area contributed by atoms with E-state index in [4.69, 9.17) is 4.52 Å². The maximum Gasteiger partial charge on any atom is 0.227 e. The van der Waals surface area contributed by atoms with Crippen LogP contribution in [0.15, 0.2) is 83.4 Å². The largest absolute Gasteiger partial charge is 0.339 e. The van der Waals surface area contributed by atoms with Gasteiger partial charge in [-0.2, -0.15) is 4.98 Å². The summed E-state index contributed by atoms with van der Waals surface area (Å²) in [4.78, 5) is 21.4. The molecule has 0 fully saturated rings. The molecule has 3 aromatic carbocycles. The topological polar surface area (TPSA) is 80.9 Å². The maximum absolute atomic E-state index is 12.3. The lowest BCUT2D eigenvalue weighted by atomic mass is 10.1. The number of nitrogens with zero attached hydrogens (tertiary/aromatic N) is 3. The molecule has 0 radical (unpaired) electrons. The highest BCUT2D eigenvalue weighted by molar-refractivity contribution is 7.18. The lowest BCUT2D eigenvalue weighted by Gasteiger charge is -2.05. The van der Waals surface area contributed by atoms with Crippen LogP contribution in [0.4, 0.5) is 5.69 Å². The number of carbonyl (C=O) groups excluding carboxylic acids is 1. The van der Waals surface area contributed by atoms with Crippen LogP contribution in [0.25, 0.3) is 21.6 Å². The molecule has 2 aromatic heterocycles. The fourth-order valence-corrected chi connectivity index (χ4v) is 4.38. The Morgan fingerprint density at radius 3 is 2.50 bits per heavy atom. The molecule has 0 aliphatic rings. The normalized spacial score (nSPS) is 11.0. The Labute approximate surface area is 189 Å². The molecule has 7 heteroatoms. The molecule has 0 aliphatic heterocycles. The van der Waals surface area contributed by atoms with Gasteiger partial charge in [-0.15, -0.1) is 11.3 Å². The predicted molar refractivity (Wildman–Crippen MR) is 126 cm³/mol. The molecule has 5 rings (SSSR count). The fourth-order valence-electron chi connectivity index (χ4n) is 3.38. The minimum atomic E-state index is -0.0941. The average Bonchev–Trinajstić information content (AvgIpc) is 3.46. The van der Waals surface area contributed by atoms with Crippen LogP contribution in [0.5, 0.6) is 0 Å². The third-order valence-electron chi connectivity index (χ3n) is 5.00. The van der Waals surface area contributed by atoms with E-state index in [9.17, 15) is 4.79 Å². The average molecular weight is 441 g/mol. The van der Waals surface area contributed by atoms with Crippen LogP contribution in [0.2, 0.25) is 0 Å². The van der Waals surface area contributed by atoms with Crippen LogP contribution in [0.3, 0.4) is 0 Å². The van der Waals surface area contributed by atoms with Crippen molar-refractivity contribution in [3.8, 4) is 11.4 Å². The number of hydrogen-bond donors (Lipinski definition) is 1. The number of aromatic nitrogens is 3. The van der Waals surface area contributed by atoms with Gasteiger partial charge in [0.2, 0.25) is 17.6 Å². The zero-order valence-electron chi connectivity index (χ0n) is 17.2. The summed E-state index contributed by atoms with van der Waals surface area (Å²) in [5, 5.41) is 7.99. The molecular formula is C25H20N4O2S. The van der Waals surface area contributed by atoms with Crippen LogP contribution in [-0.2, 0) is 17.6 Å². The van der Waals surface area contributed by atoms with Gasteiger partial charge >= 0.3 is 0 Å². The molecule has 0 saturated heterocycles. The van der Waals surface area contributed by atoms with Crippen LogP contribution in [-0.4, -0.2) is 21.0 Å². The van der Waals surface area contributed by atoms with E-state index >= 15 is 0 Å². The van der Waals surface area contributed by atoms with E-state index in [1.54, 1.807) is 11.3 Å². The molecule has 0 saturated carbocycles. The molecule has 158 valence electrons. The molecule has 0 aliphatic carbocycles. The Bertz CT molecular complexity index is 1310. The summed E-state index contributed by atoms with van der Waals surface area (Å²) in [5.41, 5.74) is 3.84. The number of carbonyl (C=O) groups is 1. The highest BCUT2D eigenvalue weighted by Gasteiger charge is 2.11. The highest BCUT2D eigenvalue weighted by Crippen LogP contribution is 2.24. The minimum absolute atomic E-state index is 0.0941. The van der Waals surface area contributed by atoms with Crippen molar-refractivity contribution in [3.05, 3.63) is 95.3 Å². The van der Waals surface area contributed by atoms with Gasteiger partial charge in [-0.25, -0.2) is 4.98 Å². The second-order valence-corrected chi connectivity index (χ2v) is 8.49. The van der Waals surface area contributed by atoms with Crippen LogP contribution >= 0.6 is 11.3 Å². The van der Waals surface area contributed by atoms with Gasteiger partial charge in [-0.1, -0.05) is 59.8 Å². The predicted octanol–water partition coefficient (Wildman–Crippen LogP) is 5.51. The number of fused-ring (bicyclic) bond motifs is 1. The first-order valence-electron chi connectivity index (χ1n) is 10.3. The van der Waals surface area contributed by atoms with Gasteiger partial charge in [0.05, 0.1) is 15.2 Å². The van der Waals surface area contributed by atoms with E-state index < -0.39 is 0 Å². The van der Waals surface area contributed by atoms with Gasteiger partial charge in [-0.3, -0.25) is 4.79 Å². The second kappa shape index (κ2) is 9.11. The molecule has 0 bridgehead atoms. The van der Waals surface area contributed by atoms with E-state index in [1.165, 1.54) is 4.70 Å². The van der Waals surface area contributed by atoms with Crippen molar-refractivity contribution in [2.24, 2.45) is 0 Å². The van der Waals surface area contributed by atoms with E-state index in [-0.39, 0.29) is 12.3 Å². The Kier molecular flexibility index (Phi) is 5.72. The number of para-hydroxylation sites is 1. The molecule has 0 spiro atoms. The number of nitrogens with one attached hydrogen (secondary N) is 1. The summed E-state index contributed by atoms with van der Waals surface area (Å²) in [7, 11) is 0. The van der Waals surface area contributed by atoms with E-state index in [0.29, 0.717) is 18.1 Å². The lowest BCUT2D eigenvalue weighted by Crippen LogP contribution is -2.12. The Morgan fingerprint density at radius 2 is 1.69 bits per heavy atom. The number of benzene rings is 3. The molecular weight excluding hydrogens is 420 g/mol. The number of anilines is 1. The van der Waals surface area contributed by atoms with Crippen molar-refractivity contribution in [1.82, 2.24) is 15.1 Å². The van der Waals surface area contributed by atoms with Crippen LogP contribution < -0.4 is 5.32 Å². The van der Waals surface area contributed by atoms with Crippen molar-refractivity contribution < 1.29 is 9.32 Å². The van der Waals surface area contributed by atoms with Crippen LogP contribution in [0, 0.1) is 0 Å². The maximum atomic E-state index is 12.3. The summed E-state index contributed by atoms with van der Waals surface area (Å²) < 4.78 is 6.47. The Morgan fingerprint density at radius 1 is 0.906 bits per heavy atom. The summed E-state index contributed by atoms with van der Waals surface area (Å²) >= 11 is 1.71. The van der Waals surface area contributed by atoms with Crippen molar-refractivity contribution in [2.75, 3.05) is 5.32 Å². The standard InChI is InChI=1S/C25H20N4O2S/c30-22(14-15-23-28-25(29-31-23)18-6-2-1-3-7-18)26-19-12-10-17(11-13-19)16-24-27-20-8-4-5-9-21(20)32-24/h1-13H,14-16H2,(H,26,30). The first-order chi connectivity index (χ1) is 15.7. The number of amides is 1.